The molecule has 1 fully saturated rings. The molecule has 1 saturated heterocycles. The number of hydrogen-bond donors (Lipinski definition) is 0. The first-order valence-corrected chi connectivity index (χ1v) is 3.55. The lowest BCUT2D eigenvalue weighted by molar-refractivity contribution is -0.142. The smallest absolute Gasteiger partial charge is 0.324 e. The molecular formula is C6H9ClO2. The van der Waals surface area contributed by atoms with E-state index in [9.17, 15) is 4.79 Å². The van der Waals surface area contributed by atoms with Gasteiger partial charge in [-0.1, -0.05) is 0 Å². The minimum atomic E-state index is -0.396. The summed E-state index contributed by atoms with van der Waals surface area (Å²) in [6.07, 6.45) is 2.72. The highest BCUT2D eigenvalue weighted by atomic mass is 35.5. The van der Waals surface area contributed by atoms with Gasteiger partial charge in [0.25, 0.3) is 0 Å². The fourth-order valence-electron chi connectivity index (χ4n) is 0.807. The Morgan fingerprint density at radius 2 is 2.33 bits per heavy atom. The van der Waals surface area contributed by atoms with Crippen LogP contribution in [0.3, 0.4) is 0 Å². The van der Waals surface area contributed by atoms with Crippen molar-refractivity contribution in [3.63, 3.8) is 0 Å². The Balaban J connectivity index is 2.41. The minimum Gasteiger partial charge on any atom is -0.465 e. The van der Waals surface area contributed by atoms with E-state index in [1.165, 1.54) is 0 Å². The summed E-state index contributed by atoms with van der Waals surface area (Å²) in [6, 6.07) is 0. The number of carbonyl (C=O) groups excluding carboxylic acids is 1. The molecule has 0 amide bonds. The van der Waals surface area contributed by atoms with E-state index in [-0.39, 0.29) is 5.97 Å². The van der Waals surface area contributed by atoms with Crippen molar-refractivity contribution < 1.29 is 9.53 Å². The summed E-state index contributed by atoms with van der Waals surface area (Å²) in [4.78, 5) is 10.7. The summed E-state index contributed by atoms with van der Waals surface area (Å²) < 4.78 is 4.74. The van der Waals surface area contributed by atoms with E-state index in [4.69, 9.17) is 16.3 Å². The van der Waals surface area contributed by atoms with Gasteiger partial charge in [0.15, 0.2) is 0 Å². The molecule has 1 aliphatic heterocycles. The van der Waals surface area contributed by atoms with E-state index >= 15 is 0 Å². The molecule has 1 aliphatic rings. The van der Waals surface area contributed by atoms with E-state index in [1.807, 2.05) is 0 Å². The SMILES string of the molecule is O=C1OCCCC[C@@H]1Cl. The van der Waals surface area contributed by atoms with Crippen molar-refractivity contribution in [2.45, 2.75) is 24.6 Å². The lowest BCUT2D eigenvalue weighted by atomic mass is 10.2. The van der Waals surface area contributed by atoms with Gasteiger partial charge in [0, 0.05) is 0 Å². The molecule has 0 aromatic heterocycles. The van der Waals surface area contributed by atoms with Crippen LogP contribution in [0.5, 0.6) is 0 Å². The number of carbonyl (C=O) groups is 1. The Morgan fingerprint density at radius 1 is 1.56 bits per heavy atom. The maximum atomic E-state index is 10.7. The van der Waals surface area contributed by atoms with Crippen molar-refractivity contribution in [3.05, 3.63) is 0 Å². The third kappa shape index (κ3) is 1.86. The lowest BCUT2D eigenvalue weighted by Crippen LogP contribution is -2.14. The molecule has 0 aromatic carbocycles. The summed E-state index contributed by atoms with van der Waals surface area (Å²) in [5, 5.41) is -0.396. The van der Waals surface area contributed by atoms with Gasteiger partial charge in [-0.2, -0.15) is 0 Å². The summed E-state index contributed by atoms with van der Waals surface area (Å²) >= 11 is 5.60. The molecule has 3 heteroatoms. The van der Waals surface area contributed by atoms with Crippen LogP contribution in [0.2, 0.25) is 0 Å². The van der Waals surface area contributed by atoms with E-state index in [2.05, 4.69) is 0 Å². The fourth-order valence-corrected chi connectivity index (χ4v) is 1.02. The zero-order valence-electron chi connectivity index (χ0n) is 5.10. The lowest BCUT2D eigenvalue weighted by Gasteiger charge is -2.00. The van der Waals surface area contributed by atoms with Crippen LogP contribution >= 0.6 is 11.6 Å². The van der Waals surface area contributed by atoms with Crippen molar-refractivity contribution in [3.8, 4) is 0 Å². The Kier molecular flexibility index (Phi) is 2.34. The molecule has 0 aliphatic carbocycles. The highest BCUT2D eigenvalue weighted by Crippen LogP contribution is 2.13. The molecule has 1 rings (SSSR count). The van der Waals surface area contributed by atoms with Crippen molar-refractivity contribution in [1.29, 1.82) is 0 Å². The first-order chi connectivity index (χ1) is 4.30. The standard InChI is InChI=1S/C6H9ClO2/c7-5-3-1-2-4-9-6(5)8/h5H,1-4H2/t5-/m0/s1. The fraction of sp³-hybridized carbons (Fsp3) is 0.833. The van der Waals surface area contributed by atoms with Gasteiger partial charge in [0.1, 0.15) is 5.38 Å². The molecule has 0 spiro atoms. The maximum absolute atomic E-state index is 10.7. The van der Waals surface area contributed by atoms with Crippen molar-refractivity contribution in [1.82, 2.24) is 0 Å². The summed E-state index contributed by atoms with van der Waals surface area (Å²) in [5.41, 5.74) is 0. The van der Waals surface area contributed by atoms with E-state index in [0.717, 1.165) is 19.3 Å². The second kappa shape index (κ2) is 3.06. The Bertz CT molecular complexity index is 114. The number of halogens is 1. The van der Waals surface area contributed by atoms with Gasteiger partial charge in [-0.05, 0) is 19.3 Å². The van der Waals surface area contributed by atoms with Gasteiger partial charge < -0.3 is 4.74 Å². The molecule has 0 saturated carbocycles. The summed E-state index contributed by atoms with van der Waals surface area (Å²) in [6.45, 7) is 0.544. The average Bonchev–Trinajstić information content (AvgIpc) is 1.99. The Labute approximate surface area is 59.1 Å². The number of rotatable bonds is 0. The molecule has 0 unspecified atom stereocenters. The van der Waals surface area contributed by atoms with Gasteiger partial charge in [0.2, 0.25) is 0 Å². The number of ether oxygens (including phenoxy) is 1. The second-order valence-corrected chi connectivity index (χ2v) is 2.66. The monoisotopic (exact) mass is 148 g/mol. The maximum Gasteiger partial charge on any atom is 0.324 e. The van der Waals surface area contributed by atoms with Gasteiger partial charge in [-0.15, -0.1) is 11.6 Å². The molecule has 2 nitrogen and oxygen atoms in total. The number of cyclic esters (lactones) is 1. The summed E-state index contributed by atoms with van der Waals surface area (Å²) in [5.74, 6) is -0.255. The highest BCUT2D eigenvalue weighted by Gasteiger charge is 2.18. The van der Waals surface area contributed by atoms with Crippen molar-refractivity contribution in [2.75, 3.05) is 6.61 Å². The van der Waals surface area contributed by atoms with Crippen LogP contribution in [-0.4, -0.2) is 18.0 Å². The number of esters is 1. The average molecular weight is 149 g/mol. The highest BCUT2D eigenvalue weighted by molar-refractivity contribution is 6.29. The second-order valence-electron chi connectivity index (χ2n) is 2.13. The third-order valence-electron chi connectivity index (χ3n) is 1.35. The Hall–Kier alpha value is -0.240. The zero-order chi connectivity index (χ0) is 6.69. The molecule has 52 valence electrons. The third-order valence-corrected chi connectivity index (χ3v) is 1.75. The number of alkyl halides is 1. The van der Waals surface area contributed by atoms with E-state index in [1.54, 1.807) is 0 Å². The van der Waals surface area contributed by atoms with Gasteiger partial charge in [-0.3, -0.25) is 4.79 Å². The molecule has 0 N–H and O–H groups in total. The minimum absolute atomic E-state index is 0.255. The molecule has 1 atom stereocenters. The topological polar surface area (TPSA) is 26.3 Å². The van der Waals surface area contributed by atoms with Crippen LogP contribution in [0.25, 0.3) is 0 Å². The molecule has 9 heavy (non-hydrogen) atoms. The Morgan fingerprint density at radius 3 is 3.11 bits per heavy atom. The zero-order valence-corrected chi connectivity index (χ0v) is 5.86. The van der Waals surface area contributed by atoms with Crippen LogP contribution in [0.15, 0.2) is 0 Å². The number of hydrogen-bond acceptors (Lipinski definition) is 2. The van der Waals surface area contributed by atoms with Crippen LogP contribution < -0.4 is 0 Å². The van der Waals surface area contributed by atoms with Gasteiger partial charge >= 0.3 is 5.97 Å². The van der Waals surface area contributed by atoms with Crippen LogP contribution in [0.1, 0.15) is 19.3 Å². The molecule has 1 heterocycles. The first-order valence-electron chi connectivity index (χ1n) is 3.11. The van der Waals surface area contributed by atoms with Crippen LogP contribution in [-0.2, 0) is 9.53 Å². The van der Waals surface area contributed by atoms with E-state index in [0.29, 0.717) is 6.61 Å². The normalized spacial score (nSPS) is 29.0. The van der Waals surface area contributed by atoms with E-state index < -0.39 is 5.38 Å². The van der Waals surface area contributed by atoms with Crippen LogP contribution in [0.4, 0.5) is 0 Å². The molecule has 0 radical (unpaired) electrons. The molecular weight excluding hydrogens is 140 g/mol. The first kappa shape index (κ1) is 6.87. The van der Waals surface area contributed by atoms with Crippen molar-refractivity contribution in [2.24, 2.45) is 0 Å². The largest absolute Gasteiger partial charge is 0.465 e. The quantitative estimate of drug-likeness (QED) is 0.383. The molecule has 0 bridgehead atoms. The predicted molar refractivity (Wildman–Crippen MR) is 34.5 cm³/mol. The molecule has 0 aromatic rings. The van der Waals surface area contributed by atoms with Gasteiger partial charge in [-0.25, -0.2) is 0 Å². The predicted octanol–water partition coefficient (Wildman–Crippen LogP) is 1.32. The van der Waals surface area contributed by atoms with Crippen molar-refractivity contribution >= 4 is 17.6 Å². The van der Waals surface area contributed by atoms with Gasteiger partial charge in [0.05, 0.1) is 6.61 Å². The van der Waals surface area contributed by atoms with Crippen LogP contribution in [0, 0.1) is 0 Å². The summed E-state index contributed by atoms with van der Waals surface area (Å²) in [7, 11) is 0.